The smallest absolute Gasteiger partial charge is 0.416 e. The Morgan fingerprint density at radius 2 is 1.63 bits per heavy atom. The van der Waals surface area contributed by atoms with Crippen molar-refractivity contribution in [2.24, 2.45) is 5.10 Å². The Hall–Kier alpha value is -3.44. The second-order valence-electron chi connectivity index (χ2n) is 5.54. The number of nitro benzene ring substituents is 2. The van der Waals surface area contributed by atoms with Crippen LogP contribution in [0.2, 0.25) is 0 Å². The number of hydrogen-bond acceptors (Lipinski definition) is 7. The van der Waals surface area contributed by atoms with Gasteiger partial charge in [-0.05, 0) is 26.8 Å². The van der Waals surface area contributed by atoms with Gasteiger partial charge in [0, 0.05) is 17.7 Å². The average molecular weight is 386 g/mol. The highest BCUT2D eigenvalue weighted by molar-refractivity contribution is 6.00. The van der Waals surface area contributed by atoms with Crippen LogP contribution in [0.15, 0.2) is 27.7 Å². The molecule has 0 saturated heterocycles. The van der Waals surface area contributed by atoms with Crippen LogP contribution in [0.1, 0.15) is 29.6 Å². The Labute approximate surface area is 149 Å². The molecule has 0 atom stereocenters. The Balaban J connectivity index is 2.57. The van der Waals surface area contributed by atoms with Gasteiger partial charge in [-0.15, -0.1) is 0 Å². The molecule has 0 spiro atoms. The van der Waals surface area contributed by atoms with Crippen molar-refractivity contribution in [3.05, 3.63) is 61.1 Å². The fourth-order valence-corrected chi connectivity index (χ4v) is 2.37. The van der Waals surface area contributed by atoms with E-state index in [9.17, 15) is 33.4 Å². The summed E-state index contributed by atoms with van der Waals surface area (Å²) in [7, 11) is 0. The van der Waals surface area contributed by atoms with Crippen molar-refractivity contribution in [1.82, 2.24) is 0 Å². The zero-order valence-corrected chi connectivity index (χ0v) is 14.2. The molecule has 27 heavy (non-hydrogen) atoms. The molecule has 1 aromatic heterocycles. The highest BCUT2D eigenvalue weighted by Gasteiger charge is 2.37. The average Bonchev–Trinajstić information content (AvgIpc) is 2.89. The number of halogens is 3. The van der Waals surface area contributed by atoms with E-state index in [1.165, 1.54) is 6.92 Å². The van der Waals surface area contributed by atoms with E-state index in [1.54, 1.807) is 19.9 Å². The molecular weight excluding hydrogens is 373 g/mol. The number of aryl methyl sites for hydroxylation is 2. The maximum absolute atomic E-state index is 12.9. The van der Waals surface area contributed by atoms with Gasteiger partial charge in [0.05, 0.1) is 21.1 Å². The summed E-state index contributed by atoms with van der Waals surface area (Å²) < 4.78 is 44.0. The van der Waals surface area contributed by atoms with E-state index in [4.69, 9.17) is 4.42 Å². The maximum Gasteiger partial charge on any atom is 0.416 e. The molecule has 0 unspecified atom stereocenters. The first-order valence-corrected chi connectivity index (χ1v) is 7.33. The number of hydrazone groups is 1. The summed E-state index contributed by atoms with van der Waals surface area (Å²) in [6.07, 6.45) is -4.99. The van der Waals surface area contributed by atoms with E-state index in [0.717, 1.165) is 0 Å². The van der Waals surface area contributed by atoms with Gasteiger partial charge in [0.1, 0.15) is 11.5 Å². The molecular formula is C15H13F3N4O5. The molecule has 2 rings (SSSR count). The van der Waals surface area contributed by atoms with E-state index in [2.05, 4.69) is 10.5 Å². The van der Waals surface area contributed by atoms with Crippen molar-refractivity contribution in [1.29, 1.82) is 0 Å². The van der Waals surface area contributed by atoms with Gasteiger partial charge in [-0.1, -0.05) is 0 Å². The molecule has 9 nitrogen and oxygen atoms in total. The number of benzene rings is 1. The normalized spacial score (nSPS) is 12.1. The minimum absolute atomic E-state index is 0.216. The van der Waals surface area contributed by atoms with Gasteiger partial charge in [-0.2, -0.15) is 18.3 Å². The Morgan fingerprint density at radius 1 is 1.11 bits per heavy atom. The number of hydrogen-bond donors (Lipinski definition) is 1. The third-order valence-electron chi connectivity index (χ3n) is 3.58. The van der Waals surface area contributed by atoms with Gasteiger partial charge in [-0.3, -0.25) is 25.7 Å². The first-order valence-electron chi connectivity index (χ1n) is 7.33. The van der Waals surface area contributed by atoms with Gasteiger partial charge in [0.25, 0.3) is 0 Å². The molecule has 0 saturated carbocycles. The van der Waals surface area contributed by atoms with E-state index in [-0.39, 0.29) is 17.8 Å². The molecule has 1 heterocycles. The summed E-state index contributed by atoms with van der Waals surface area (Å²) in [6.45, 7) is 4.83. The second-order valence-corrected chi connectivity index (χ2v) is 5.54. The van der Waals surface area contributed by atoms with Crippen molar-refractivity contribution >= 4 is 22.8 Å². The summed E-state index contributed by atoms with van der Waals surface area (Å²) >= 11 is 0. The van der Waals surface area contributed by atoms with Crippen molar-refractivity contribution in [2.75, 3.05) is 5.43 Å². The highest BCUT2D eigenvalue weighted by atomic mass is 19.4. The fraction of sp³-hybridized carbons (Fsp3) is 0.267. The van der Waals surface area contributed by atoms with Crippen LogP contribution >= 0.6 is 0 Å². The summed E-state index contributed by atoms with van der Waals surface area (Å²) in [4.78, 5) is 20.0. The van der Waals surface area contributed by atoms with Crippen LogP contribution in [0.5, 0.6) is 0 Å². The molecule has 0 amide bonds. The summed E-state index contributed by atoms with van der Waals surface area (Å²) in [5.41, 5.74) is -1.53. The SMILES string of the molecule is C/C(=N/Nc1c([N+](=O)[O-])cc(C(F)(F)F)cc1[N+](=O)[O-])c1cc(C)oc1C. The lowest BCUT2D eigenvalue weighted by atomic mass is 10.1. The number of furan rings is 1. The van der Waals surface area contributed by atoms with Crippen LogP contribution in [-0.2, 0) is 6.18 Å². The van der Waals surface area contributed by atoms with Gasteiger partial charge in [0.15, 0.2) is 0 Å². The number of anilines is 1. The van der Waals surface area contributed by atoms with Crippen molar-refractivity contribution in [2.45, 2.75) is 26.9 Å². The lowest BCUT2D eigenvalue weighted by Gasteiger charge is -2.10. The Bertz CT molecular complexity index is 914. The summed E-state index contributed by atoms with van der Waals surface area (Å²) in [6, 6.07) is 2.06. The first-order chi connectivity index (χ1) is 12.4. The fourth-order valence-electron chi connectivity index (χ4n) is 2.37. The monoisotopic (exact) mass is 386 g/mol. The zero-order valence-electron chi connectivity index (χ0n) is 14.2. The molecule has 0 fully saturated rings. The largest absolute Gasteiger partial charge is 0.466 e. The molecule has 0 bridgehead atoms. The summed E-state index contributed by atoms with van der Waals surface area (Å²) in [5.74, 6) is 1.07. The van der Waals surface area contributed by atoms with E-state index >= 15 is 0 Å². The van der Waals surface area contributed by atoms with Crippen LogP contribution in [0.4, 0.5) is 30.2 Å². The molecule has 0 aliphatic heterocycles. The van der Waals surface area contributed by atoms with Gasteiger partial charge in [-0.25, -0.2) is 0 Å². The molecule has 2 aromatic rings. The molecule has 1 aromatic carbocycles. The van der Waals surface area contributed by atoms with Crippen LogP contribution in [0, 0.1) is 34.1 Å². The topological polar surface area (TPSA) is 124 Å². The highest BCUT2D eigenvalue weighted by Crippen LogP contribution is 2.41. The lowest BCUT2D eigenvalue weighted by molar-refractivity contribution is -0.392. The van der Waals surface area contributed by atoms with Crippen LogP contribution in [0.3, 0.4) is 0 Å². The van der Waals surface area contributed by atoms with E-state index < -0.39 is 38.6 Å². The Morgan fingerprint density at radius 3 is 2.00 bits per heavy atom. The predicted molar refractivity (Wildman–Crippen MR) is 88.8 cm³/mol. The van der Waals surface area contributed by atoms with Crippen LogP contribution < -0.4 is 5.43 Å². The Kier molecular flexibility index (Phi) is 5.19. The molecule has 0 aliphatic rings. The number of rotatable bonds is 5. The van der Waals surface area contributed by atoms with Crippen LogP contribution in [-0.4, -0.2) is 15.6 Å². The lowest BCUT2D eigenvalue weighted by Crippen LogP contribution is -2.10. The number of nitro groups is 2. The minimum atomic E-state index is -4.99. The van der Waals surface area contributed by atoms with Crippen molar-refractivity contribution in [3.63, 3.8) is 0 Å². The number of nitrogens with zero attached hydrogens (tertiary/aromatic N) is 3. The van der Waals surface area contributed by atoms with E-state index in [0.29, 0.717) is 17.1 Å². The minimum Gasteiger partial charge on any atom is -0.466 e. The molecule has 1 N–H and O–H groups in total. The number of nitrogens with one attached hydrogen (secondary N) is 1. The standard InChI is InChI=1S/C15H13F3N4O5/c1-7-4-11(9(3)27-7)8(2)19-20-14-12(21(23)24)5-10(15(16,17)18)6-13(14)22(25)26/h4-6,20H,1-3H3/b19-8-. The number of alkyl halides is 3. The predicted octanol–water partition coefficient (Wildman–Crippen LogP) is 4.57. The van der Waals surface area contributed by atoms with Crippen molar-refractivity contribution < 1.29 is 27.4 Å². The van der Waals surface area contributed by atoms with Crippen molar-refractivity contribution in [3.8, 4) is 0 Å². The summed E-state index contributed by atoms with van der Waals surface area (Å²) in [5, 5.41) is 26.2. The third kappa shape index (κ3) is 4.22. The molecule has 0 aliphatic carbocycles. The second kappa shape index (κ2) is 7.05. The zero-order chi connectivity index (χ0) is 20.5. The first kappa shape index (κ1) is 19.9. The molecule has 0 radical (unpaired) electrons. The quantitative estimate of drug-likeness (QED) is 0.456. The van der Waals surface area contributed by atoms with Gasteiger partial charge >= 0.3 is 17.6 Å². The maximum atomic E-state index is 12.9. The molecule has 144 valence electrons. The van der Waals surface area contributed by atoms with Crippen LogP contribution in [0.25, 0.3) is 0 Å². The van der Waals surface area contributed by atoms with E-state index in [1.807, 2.05) is 0 Å². The third-order valence-corrected chi connectivity index (χ3v) is 3.58. The van der Waals surface area contributed by atoms with Gasteiger partial charge < -0.3 is 4.42 Å². The van der Waals surface area contributed by atoms with Gasteiger partial charge in [0.2, 0.25) is 5.69 Å². The molecule has 12 heteroatoms.